The molecule has 0 saturated heterocycles. The number of carbonyl (C=O) groups excluding carboxylic acids is 1. The van der Waals surface area contributed by atoms with Crippen molar-refractivity contribution in [2.75, 3.05) is 0 Å². The van der Waals surface area contributed by atoms with Crippen LogP contribution in [-0.4, -0.2) is 10.5 Å². The summed E-state index contributed by atoms with van der Waals surface area (Å²) in [5.74, 6) is -0.380. The molecular weight excluding hydrogens is 304 g/mol. The number of rotatable bonds is 5. The summed E-state index contributed by atoms with van der Waals surface area (Å²) in [6.07, 6.45) is 1.17. The molecule has 1 amide bonds. The summed E-state index contributed by atoms with van der Waals surface area (Å²) in [5.41, 5.74) is 4.55. The van der Waals surface area contributed by atoms with Crippen molar-refractivity contribution in [3.05, 3.63) is 69.7 Å². The number of nitrogens with zero attached hydrogens (tertiary/aromatic N) is 1. The third-order valence-electron chi connectivity index (χ3n) is 4.11. The lowest BCUT2D eigenvalue weighted by molar-refractivity contribution is -0.121. The molecule has 0 spiro atoms. The minimum Gasteiger partial charge on any atom is -0.408 e. The van der Waals surface area contributed by atoms with Crippen molar-refractivity contribution in [2.24, 2.45) is 7.05 Å². The van der Waals surface area contributed by atoms with Gasteiger partial charge in [0.05, 0.1) is 5.52 Å². The van der Waals surface area contributed by atoms with Crippen molar-refractivity contribution in [1.82, 2.24) is 9.88 Å². The number of carbonyl (C=O) groups is 1. The Bertz CT molecular complexity index is 920. The van der Waals surface area contributed by atoms with Crippen LogP contribution in [0.4, 0.5) is 0 Å². The van der Waals surface area contributed by atoms with E-state index in [2.05, 4.69) is 17.4 Å². The van der Waals surface area contributed by atoms with Crippen molar-refractivity contribution < 1.29 is 9.21 Å². The molecule has 0 fully saturated rings. The molecule has 3 aromatic rings. The zero-order valence-electron chi connectivity index (χ0n) is 13.8. The molecule has 0 bridgehead atoms. The average molecular weight is 324 g/mol. The van der Waals surface area contributed by atoms with Gasteiger partial charge in [0.25, 0.3) is 0 Å². The SMILES string of the molecule is Cc1ccc(CCC(=O)NCc2ccc3c(c2)oc(=O)n3C)cc1. The lowest BCUT2D eigenvalue weighted by Crippen LogP contribution is -2.22. The van der Waals surface area contributed by atoms with Crippen molar-refractivity contribution in [3.63, 3.8) is 0 Å². The van der Waals surface area contributed by atoms with E-state index in [-0.39, 0.29) is 11.7 Å². The van der Waals surface area contributed by atoms with Crippen LogP contribution in [0.15, 0.2) is 51.7 Å². The zero-order chi connectivity index (χ0) is 17.1. The van der Waals surface area contributed by atoms with E-state index in [4.69, 9.17) is 4.42 Å². The van der Waals surface area contributed by atoms with Crippen molar-refractivity contribution >= 4 is 17.0 Å². The summed E-state index contributed by atoms with van der Waals surface area (Å²) < 4.78 is 6.61. The summed E-state index contributed by atoms with van der Waals surface area (Å²) in [6, 6.07) is 13.7. The fourth-order valence-electron chi connectivity index (χ4n) is 2.59. The first-order valence-electron chi connectivity index (χ1n) is 7.93. The smallest absolute Gasteiger partial charge is 0.408 e. The fourth-order valence-corrected chi connectivity index (χ4v) is 2.59. The standard InChI is InChI=1S/C19H20N2O3/c1-13-3-5-14(6-4-13)8-10-18(22)20-12-15-7-9-16-17(11-15)24-19(23)21(16)2/h3-7,9,11H,8,10,12H2,1-2H3,(H,20,22). The van der Waals surface area contributed by atoms with Gasteiger partial charge >= 0.3 is 5.76 Å². The highest BCUT2D eigenvalue weighted by Crippen LogP contribution is 2.14. The summed E-state index contributed by atoms with van der Waals surface area (Å²) in [4.78, 5) is 23.5. The maximum Gasteiger partial charge on any atom is 0.419 e. The van der Waals surface area contributed by atoms with Crippen molar-refractivity contribution in [1.29, 1.82) is 0 Å². The van der Waals surface area contributed by atoms with Crippen LogP contribution in [0.3, 0.4) is 0 Å². The largest absolute Gasteiger partial charge is 0.419 e. The number of aromatic nitrogens is 1. The van der Waals surface area contributed by atoms with E-state index in [1.54, 1.807) is 13.1 Å². The van der Waals surface area contributed by atoms with Crippen molar-refractivity contribution in [3.8, 4) is 0 Å². The van der Waals surface area contributed by atoms with Crippen LogP contribution in [0.1, 0.15) is 23.1 Å². The molecule has 5 heteroatoms. The van der Waals surface area contributed by atoms with Gasteiger partial charge in [-0.2, -0.15) is 0 Å². The monoisotopic (exact) mass is 324 g/mol. The first-order chi connectivity index (χ1) is 11.5. The van der Waals surface area contributed by atoms with Crippen molar-refractivity contribution in [2.45, 2.75) is 26.3 Å². The van der Waals surface area contributed by atoms with Gasteiger partial charge in [0, 0.05) is 20.0 Å². The number of fused-ring (bicyclic) bond motifs is 1. The third-order valence-corrected chi connectivity index (χ3v) is 4.11. The Morgan fingerprint density at radius 2 is 1.83 bits per heavy atom. The van der Waals surface area contributed by atoms with Gasteiger partial charge in [-0.05, 0) is 36.6 Å². The number of hydrogen-bond donors (Lipinski definition) is 1. The summed E-state index contributed by atoms with van der Waals surface area (Å²) in [6.45, 7) is 2.46. The molecule has 1 N–H and O–H groups in total. The molecular formula is C19H20N2O3. The van der Waals surface area contributed by atoms with Gasteiger partial charge in [-0.1, -0.05) is 35.9 Å². The van der Waals surface area contributed by atoms with Gasteiger partial charge in [-0.3, -0.25) is 9.36 Å². The van der Waals surface area contributed by atoms with Gasteiger partial charge in [-0.15, -0.1) is 0 Å². The van der Waals surface area contributed by atoms with Crippen LogP contribution in [-0.2, 0) is 24.8 Å². The molecule has 0 radical (unpaired) electrons. The lowest BCUT2D eigenvalue weighted by atomic mass is 10.1. The van der Waals surface area contributed by atoms with E-state index in [9.17, 15) is 9.59 Å². The van der Waals surface area contributed by atoms with E-state index in [0.29, 0.717) is 18.5 Å². The number of benzene rings is 2. The first kappa shape index (κ1) is 16.1. The molecule has 1 aromatic heterocycles. The zero-order valence-corrected chi connectivity index (χ0v) is 13.8. The highest BCUT2D eigenvalue weighted by atomic mass is 16.4. The van der Waals surface area contributed by atoms with E-state index in [0.717, 1.165) is 23.1 Å². The third kappa shape index (κ3) is 3.56. The summed E-state index contributed by atoms with van der Waals surface area (Å²) in [7, 11) is 1.67. The summed E-state index contributed by atoms with van der Waals surface area (Å²) >= 11 is 0. The number of oxazole rings is 1. The molecule has 0 aliphatic carbocycles. The molecule has 1 heterocycles. The molecule has 2 aromatic carbocycles. The second-order valence-electron chi connectivity index (χ2n) is 5.99. The molecule has 0 unspecified atom stereocenters. The number of hydrogen-bond acceptors (Lipinski definition) is 3. The number of nitrogens with one attached hydrogen (secondary N) is 1. The van der Waals surface area contributed by atoms with Crippen LogP contribution in [0, 0.1) is 6.92 Å². The van der Waals surface area contributed by atoms with Crippen LogP contribution in [0.25, 0.3) is 11.1 Å². The second kappa shape index (κ2) is 6.74. The Kier molecular flexibility index (Phi) is 4.51. The molecule has 3 rings (SSSR count). The maximum atomic E-state index is 12.0. The maximum absolute atomic E-state index is 12.0. The van der Waals surface area contributed by atoms with Gasteiger partial charge in [0.2, 0.25) is 5.91 Å². The normalized spacial score (nSPS) is 10.9. The van der Waals surface area contributed by atoms with Crippen LogP contribution in [0.5, 0.6) is 0 Å². The molecule has 0 aliphatic rings. The Morgan fingerprint density at radius 3 is 2.58 bits per heavy atom. The molecule has 124 valence electrons. The van der Waals surface area contributed by atoms with Gasteiger partial charge in [0.15, 0.2) is 5.58 Å². The van der Waals surface area contributed by atoms with E-state index in [1.807, 2.05) is 31.2 Å². The lowest BCUT2D eigenvalue weighted by Gasteiger charge is -2.06. The molecule has 0 aliphatic heterocycles. The first-order valence-corrected chi connectivity index (χ1v) is 7.93. The van der Waals surface area contributed by atoms with Gasteiger partial charge in [0.1, 0.15) is 0 Å². The minimum atomic E-state index is -0.385. The number of aryl methyl sites for hydroxylation is 3. The van der Waals surface area contributed by atoms with Gasteiger partial charge in [-0.25, -0.2) is 4.79 Å². The summed E-state index contributed by atoms with van der Waals surface area (Å²) in [5, 5.41) is 2.90. The van der Waals surface area contributed by atoms with Crippen LogP contribution in [0.2, 0.25) is 0 Å². The predicted molar refractivity (Wildman–Crippen MR) is 92.8 cm³/mol. The van der Waals surface area contributed by atoms with E-state index < -0.39 is 0 Å². The Balaban J connectivity index is 1.56. The van der Waals surface area contributed by atoms with E-state index in [1.165, 1.54) is 10.1 Å². The van der Waals surface area contributed by atoms with E-state index >= 15 is 0 Å². The van der Waals surface area contributed by atoms with Gasteiger partial charge < -0.3 is 9.73 Å². The Morgan fingerprint density at radius 1 is 1.12 bits per heavy atom. The predicted octanol–water partition coefficient (Wildman–Crippen LogP) is 2.69. The second-order valence-corrected chi connectivity index (χ2v) is 5.99. The van der Waals surface area contributed by atoms with Crippen LogP contribution < -0.4 is 11.1 Å². The number of amides is 1. The quantitative estimate of drug-likeness (QED) is 0.785. The minimum absolute atomic E-state index is 0.00480. The molecule has 5 nitrogen and oxygen atoms in total. The van der Waals surface area contributed by atoms with Crippen LogP contribution >= 0.6 is 0 Å². The Hall–Kier alpha value is -2.82. The molecule has 24 heavy (non-hydrogen) atoms. The average Bonchev–Trinajstić information content (AvgIpc) is 2.86. The molecule has 0 saturated carbocycles. The highest BCUT2D eigenvalue weighted by Gasteiger charge is 2.07. The fraction of sp³-hybridized carbons (Fsp3) is 0.263. The molecule has 0 atom stereocenters. The highest BCUT2D eigenvalue weighted by molar-refractivity contribution is 5.77. The topological polar surface area (TPSA) is 64.2 Å². The Labute approximate surface area is 139 Å².